The van der Waals surface area contributed by atoms with Gasteiger partial charge in [0, 0.05) is 30.1 Å². The number of nitrogens with zero attached hydrogens (tertiary/aromatic N) is 1. The molecule has 120 valence electrons. The lowest BCUT2D eigenvalue weighted by atomic mass is 9.94. The largest absolute Gasteiger partial charge is 0.395 e. The van der Waals surface area contributed by atoms with Crippen molar-refractivity contribution in [2.24, 2.45) is 0 Å². The molecule has 2 aromatic carbocycles. The number of sulfonamides is 1. The highest BCUT2D eigenvalue weighted by Crippen LogP contribution is 2.31. The van der Waals surface area contributed by atoms with Crippen LogP contribution in [0.3, 0.4) is 0 Å². The number of hydrogen-bond acceptors (Lipinski definition) is 5. The summed E-state index contributed by atoms with van der Waals surface area (Å²) in [7, 11) is -2.50. The van der Waals surface area contributed by atoms with Gasteiger partial charge in [-0.15, -0.1) is 0 Å². The first-order chi connectivity index (χ1) is 10.9. The van der Waals surface area contributed by atoms with Crippen molar-refractivity contribution < 1.29 is 23.1 Å². The number of aliphatic hydroxyl groups is 1. The maximum absolute atomic E-state index is 12.4. The predicted molar refractivity (Wildman–Crippen MR) is 82.6 cm³/mol. The van der Waals surface area contributed by atoms with Crippen molar-refractivity contribution in [3.05, 3.63) is 41.5 Å². The molecule has 0 atom stereocenters. The average molecular weight is 334 g/mol. The average Bonchev–Trinajstić information content (AvgIpc) is 2.55. The predicted octanol–water partition coefficient (Wildman–Crippen LogP) is 0.336. The zero-order valence-corrected chi connectivity index (χ0v) is 13.1. The summed E-state index contributed by atoms with van der Waals surface area (Å²) < 4.78 is 26.7. The molecule has 0 aromatic heterocycles. The van der Waals surface area contributed by atoms with Crippen molar-refractivity contribution in [3.63, 3.8) is 0 Å². The Kier molecular flexibility index (Phi) is 3.67. The highest BCUT2D eigenvalue weighted by Gasteiger charge is 2.31. The minimum atomic E-state index is -3.86. The summed E-state index contributed by atoms with van der Waals surface area (Å²) in [5, 5.41) is 9.73. The molecule has 1 aliphatic rings. The second kappa shape index (κ2) is 5.41. The summed E-state index contributed by atoms with van der Waals surface area (Å²) in [6.45, 7) is -0.456. The molecule has 1 aliphatic heterocycles. The zero-order valence-electron chi connectivity index (χ0n) is 12.2. The van der Waals surface area contributed by atoms with E-state index in [0.717, 1.165) is 4.90 Å². The van der Waals surface area contributed by atoms with E-state index >= 15 is 0 Å². The number of hydrogen-bond donors (Lipinski definition) is 2. The van der Waals surface area contributed by atoms with E-state index in [-0.39, 0.29) is 23.6 Å². The van der Waals surface area contributed by atoms with Crippen LogP contribution in [0.15, 0.2) is 35.2 Å². The van der Waals surface area contributed by atoms with E-state index in [0.29, 0.717) is 16.3 Å². The van der Waals surface area contributed by atoms with E-state index in [2.05, 4.69) is 4.72 Å². The Morgan fingerprint density at radius 3 is 2.52 bits per heavy atom. The zero-order chi connectivity index (χ0) is 16.8. The molecule has 3 rings (SSSR count). The third kappa shape index (κ3) is 2.40. The molecule has 0 aliphatic carbocycles. The number of nitrogens with one attached hydrogen (secondary N) is 1. The molecule has 1 heterocycles. The number of rotatable bonds is 4. The van der Waals surface area contributed by atoms with Crippen LogP contribution in [0, 0.1) is 0 Å². The van der Waals surface area contributed by atoms with Crippen molar-refractivity contribution in [3.8, 4) is 0 Å². The topological polar surface area (TPSA) is 104 Å². The lowest BCUT2D eigenvalue weighted by molar-refractivity contribution is 0.0650. The van der Waals surface area contributed by atoms with Crippen LogP contribution in [-0.4, -0.2) is 50.4 Å². The third-order valence-electron chi connectivity index (χ3n) is 3.73. The molecular weight excluding hydrogens is 320 g/mol. The molecule has 0 radical (unpaired) electrons. The van der Waals surface area contributed by atoms with Crippen LogP contribution in [0.2, 0.25) is 0 Å². The summed E-state index contributed by atoms with van der Waals surface area (Å²) in [4.78, 5) is 25.4. The standard InChI is InChI=1S/C15H14N2O5S/c1-17-14(19)11-4-2-3-9-7-10(23(21,22)16-5-6-18)8-12(13(9)11)15(17)20/h2-4,7-8,16,18H,5-6H2,1H3. The minimum absolute atomic E-state index is 0.0818. The van der Waals surface area contributed by atoms with Gasteiger partial charge >= 0.3 is 0 Å². The van der Waals surface area contributed by atoms with Gasteiger partial charge < -0.3 is 5.11 Å². The summed E-state index contributed by atoms with van der Waals surface area (Å²) in [6, 6.07) is 7.57. The molecule has 0 spiro atoms. The van der Waals surface area contributed by atoms with Gasteiger partial charge in [0.1, 0.15) is 0 Å². The number of carbonyl (C=O) groups is 2. The molecule has 2 amide bonds. The van der Waals surface area contributed by atoms with E-state index in [1.54, 1.807) is 18.2 Å². The van der Waals surface area contributed by atoms with Gasteiger partial charge in [-0.1, -0.05) is 12.1 Å². The fourth-order valence-corrected chi connectivity index (χ4v) is 3.70. The molecule has 2 N–H and O–H groups in total. The fourth-order valence-electron chi connectivity index (χ4n) is 2.62. The third-order valence-corrected chi connectivity index (χ3v) is 5.18. The van der Waals surface area contributed by atoms with Crippen LogP contribution >= 0.6 is 0 Å². The van der Waals surface area contributed by atoms with Crippen molar-refractivity contribution >= 4 is 32.6 Å². The van der Waals surface area contributed by atoms with Crippen molar-refractivity contribution in [2.75, 3.05) is 20.2 Å². The van der Waals surface area contributed by atoms with Gasteiger partial charge in [-0.25, -0.2) is 13.1 Å². The maximum Gasteiger partial charge on any atom is 0.261 e. The number of imide groups is 1. The second-order valence-electron chi connectivity index (χ2n) is 5.17. The number of carbonyl (C=O) groups excluding carboxylic acids is 2. The molecule has 2 aromatic rings. The number of aliphatic hydroxyl groups excluding tert-OH is 1. The quantitative estimate of drug-likeness (QED) is 0.785. The van der Waals surface area contributed by atoms with Gasteiger partial charge in [0.2, 0.25) is 10.0 Å². The lowest BCUT2D eigenvalue weighted by Gasteiger charge is -2.24. The molecule has 23 heavy (non-hydrogen) atoms. The Hall–Kier alpha value is -2.29. The van der Waals surface area contributed by atoms with Gasteiger partial charge in [-0.05, 0) is 23.6 Å². The van der Waals surface area contributed by atoms with Gasteiger partial charge in [-0.3, -0.25) is 14.5 Å². The Balaban J connectivity index is 2.29. The summed E-state index contributed by atoms with van der Waals surface area (Å²) >= 11 is 0. The maximum atomic E-state index is 12.4. The first-order valence-corrected chi connectivity index (χ1v) is 8.35. The highest BCUT2D eigenvalue weighted by atomic mass is 32.2. The summed E-state index contributed by atoms with van der Waals surface area (Å²) in [5.41, 5.74) is 0.538. The normalized spacial score (nSPS) is 14.6. The van der Waals surface area contributed by atoms with E-state index in [1.807, 2.05) is 0 Å². The van der Waals surface area contributed by atoms with Crippen LogP contribution in [-0.2, 0) is 10.0 Å². The van der Waals surface area contributed by atoms with Crippen LogP contribution in [0.1, 0.15) is 20.7 Å². The SMILES string of the molecule is CN1C(=O)c2cccc3cc(S(=O)(=O)NCCO)cc(c23)C1=O. The molecule has 8 heteroatoms. The van der Waals surface area contributed by atoms with Crippen LogP contribution < -0.4 is 4.72 Å². The van der Waals surface area contributed by atoms with Gasteiger partial charge in [-0.2, -0.15) is 0 Å². The molecule has 0 fully saturated rings. The van der Waals surface area contributed by atoms with Crippen LogP contribution in [0.4, 0.5) is 0 Å². The van der Waals surface area contributed by atoms with Gasteiger partial charge in [0.15, 0.2) is 0 Å². The second-order valence-corrected chi connectivity index (χ2v) is 6.93. The van der Waals surface area contributed by atoms with E-state index in [1.165, 1.54) is 19.2 Å². The molecule has 0 saturated carbocycles. The van der Waals surface area contributed by atoms with Crippen LogP contribution in [0.25, 0.3) is 10.8 Å². The Bertz CT molecular complexity index is 936. The van der Waals surface area contributed by atoms with E-state index in [4.69, 9.17) is 5.11 Å². The lowest BCUT2D eigenvalue weighted by Crippen LogP contribution is -2.37. The minimum Gasteiger partial charge on any atom is -0.395 e. The fraction of sp³-hybridized carbons (Fsp3) is 0.200. The monoisotopic (exact) mass is 334 g/mol. The van der Waals surface area contributed by atoms with Gasteiger partial charge in [0.25, 0.3) is 11.8 Å². The Labute approximate surface area is 132 Å². The molecular formula is C15H14N2O5S. The molecule has 7 nitrogen and oxygen atoms in total. The molecule has 0 bridgehead atoms. The van der Waals surface area contributed by atoms with E-state index in [9.17, 15) is 18.0 Å². The van der Waals surface area contributed by atoms with Crippen LogP contribution in [0.5, 0.6) is 0 Å². The number of amides is 2. The summed E-state index contributed by atoms with van der Waals surface area (Å²) in [5.74, 6) is -0.958. The summed E-state index contributed by atoms with van der Waals surface area (Å²) in [6.07, 6.45) is 0. The first kappa shape index (κ1) is 15.6. The highest BCUT2D eigenvalue weighted by molar-refractivity contribution is 7.89. The van der Waals surface area contributed by atoms with Crippen molar-refractivity contribution in [1.29, 1.82) is 0 Å². The van der Waals surface area contributed by atoms with Crippen molar-refractivity contribution in [2.45, 2.75) is 4.90 Å². The first-order valence-electron chi connectivity index (χ1n) is 6.86. The van der Waals surface area contributed by atoms with Gasteiger partial charge in [0.05, 0.1) is 11.5 Å². The molecule has 0 saturated heterocycles. The van der Waals surface area contributed by atoms with Crippen molar-refractivity contribution in [1.82, 2.24) is 9.62 Å². The number of benzene rings is 2. The van der Waals surface area contributed by atoms with E-state index < -0.39 is 21.8 Å². The Morgan fingerprint density at radius 2 is 1.83 bits per heavy atom. The Morgan fingerprint density at radius 1 is 1.13 bits per heavy atom. The molecule has 0 unspecified atom stereocenters. The smallest absolute Gasteiger partial charge is 0.261 e.